The van der Waals surface area contributed by atoms with Crippen molar-refractivity contribution in [3.63, 3.8) is 0 Å². The lowest BCUT2D eigenvalue weighted by Gasteiger charge is -2.50. The largest absolute Gasteiger partial charge is 0.510 e. The highest BCUT2D eigenvalue weighted by atomic mass is 79.9. The van der Waals surface area contributed by atoms with E-state index in [4.69, 9.17) is 17.3 Å². The number of hydrogen-bond donors (Lipinski definition) is 6. The van der Waals surface area contributed by atoms with Gasteiger partial charge in [-0.2, -0.15) is 0 Å². The minimum Gasteiger partial charge on any atom is -0.510 e. The summed E-state index contributed by atoms with van der Waals surface area (Å²) in [4.78, 5) is 53.3. The van der Waals surface area contributed by atoms with Crippen LogP contribution in [-0.2, 0) is 27.2 Å². The molecule has 0 fully saturated rings. The molecule has 0 saturated carbocycles. The Balaban J connectivity index is 0.00000461. The van der Waals surface area contributed by atoms with Crippen LogP contribution in [0.15, 0.2) is 59.1 Å². The number of alkyl halides is 1. The Morgan fingerprint density at radius 3 is 2.42 bits per heavy atom. The molecule has 2 aromatic carbocycles. The van der Waals surface area contributed by atoms with Gasteiger partial charge >= 0.3 is 0 Å². The predicted octanol–water partition coefficient (Wildman–Crippen LogP) is 3.69. The zero-order chi connectivity index (χ0) is 32.2. The molecular weight excluding hydrogens is 738 g/mol. The number of rotatable bonds is 7. The van der Waals surface area contributed by atoms with Crippen molar-refractivity contribution in [3.05, 3.63) is 80.8 Å². The molecule has 3 unspecified atom stereocenters. The van der Waals surface area contributed by atoms with E-state index in [1.165, 1.54) is 11.0 Å². The van der Waals surface area contributed by atoms with E-state index in [1.807, 2.05) is 30.3 Å². The molecule has 0 spiro atoms. The van der Waals surface area contributed by atoms with E-state index in [9.17, 15) is 39.6 Å². The number of halogens is 3. The number of hydrogen-bond acceptors (Lipinski definition) is 9. The Morgan fingerprint density at radius 2 is 1.82 bits per heavy atom. The van der Waals surface area contributed by atoms with E-state index in [-0.39, 0.29) is 51.7 Å². The smallest absolute Gasteiger partial charge is 0.255 e. The third-order valence-electron chi connectivity index (χ3n) is 8.73. The fraction of sp³-hybridized carbons (Fsp3) is 0.355. The third-order valence-corrected chi connectivity index (χ3v) is 9.90. The van der Waals surface area contributed by atoms with Crippen molar-refractivity contribution in [1.82, 2.24) is 4.90 Å². The van der Waals surface area contributed by atoms with E-state index >= 15 is 0 Å². The van der Waals surface area contributed by atoms with E-state index in [0.717, 1.165) is 5.56 Å². The Bertz CT molecular complexity index is 1660. The molecule has 11 nitrogen and oxygen atoms in total. The van der Waals surface area contributed by atoms with Crippen LogP contribution < -0.4 is 11.1 Å². The summed E-state index contributed by atoms with van der Waals surface area (Å²) in [5, 5.41) is 47.8. The number of anilines is 1. The molecule has 0 aromatic heterocycles. The number of nitrogens with zero attached hydrogens (tertiary/aromatic N) is 1. The Kier molecular flexibility index (Phi) is 9.91. The fourth-order valence-electron chi connectivity index (χ4n) is 6.66. The van der Waals surface area contributed by atoms with Gasteiger partial charge in [0, 0.05) is 11.5 Å². The molecule has 3 aliphatic carbocycles. The quantitative estimate of drug-likeness (QED) is 0.139. The molecule has 5 rings (SSSR count). The highest BCUT2D eigenvalue weighted by Crippen LogP contribution is 2.53. The van der Waals surface area contributed by atoms with E-state index in [0.29, 0.717) is 18.4 Å². The first-order chi connectivity index (χ1) is 20.7. The zero-order valence-corrected chi connectivity index (χ0v) is 28.3. The van der Waals surface area contributed by atoms with Gasteiger partial charge in [-0.15, -0.1) is 17.0 Å². The number of aliphatic hydroxyl groups is 3. The Labute approximate surface area is 282 Å². The second-order valence-corrected chi connectivity index (χ2v) is 13.1. The molecule has 7 N–H and O–H groups in total. The van der Waals surface area contributed by atoms with Crippen LogP contribution in [0, 0.1) is 11.8 Å². The molecule has 0 aliphatic heterocycles. The van der Waals surface area contributed by atoms with Crippen LogP contribution in [0.3, 0.4) is 0 Å². The molecule has 0 saturated heterocycles. The summed E-state index contributed by atoms with van der Waals surface area (Å²) in [5.41, 5.74) is 2.35. The first kappa shape index (κ1) is 34.6. The number of nitrogens with two attached hydrogens (primary N) is 1. The van der Waals surface area contributed by atoms with Crippen LogP contribution in [-0.4, -0.2) is 79.3 Å². The van der Waals surface area contributed by atoms with Crippen LogP contribution in [0.5, 0.6) is 5.75 Å². The number of carbonyl (C=O) groups is 4. The van der Waals surface area contributed by atoms with Gasteiger partial charge in [0.1, 0.15) is 22.8 Å². The molecule has 0 bridgehead atoms. The van der Waals surface area contributed by atoms with Crippen LogP contribution in [0.4, 0.5) is 5.69 Å². The minimum atomic E-state index is -2.74. The fourth-order valence-corrected chi connectivity index (χ4v) is 7.27. The second-order valence-electron chi connectivity index (χ2n) is 11.6. The molecule has 240 valence electrons. The summed E-state index contributed by atoms with van der Waals surface area (Å²) in [6.07, 6.45) is 1.06. The SMILES string of the molecule is Br.CN(C)[C@@H]1C(O)=C(C(N)=O)C(=O)[C@@]2(O)C(O)=C3C(=O)c4c(cc(Cl)c(NC(=O)C(Br)CCc5ccccc5)c4O)CC3CC12. The first-order valence-corrected chi connectivity index (χ1v) is 15.2. The lowest BCUT2D eigenvalue weighted by molar-refractivity contribution is -0.148. The van der Waals surface area contributed by atoms with Gasteiger partial charge in [0.2, 0.25) is 11.7 Å². The van der Waals surface area contributed by atoms with Crippen LogP contribution in [0.25, 0.3) is 0 Å². The number of nitrogens with one attached hydrogen (secondary N) is 1. The topological polar surface area (TPSA) is 190 Å². The number of aromatic hydroxyl groups is 1. The van der Waals surface area contributed by atoms with Crippen LogP contribution in [0.2, 0.25) is 5.02 Å². The average molecular weight is 770 g/mol. The van der Waals surface area contributed by atoms with Gasteiger partial charge in [-0.05, 0) is 62.9 Å². The molecule has 2 amide bonds. The van der Waals surface area contributed by atoms with Gasteiger partial charge in [0.05, 0.1) is 21.5 Å². The second kappa shape index (κ2) is 12.9. The number of aliphatic hydroxyl groups excluding tert-OH is 2. The van der Waals surface area contributed by atoms with Crippen LogP contribution >= 0.6 is 44.5 Å². The number of benzene rings is 2. The first-order valence-electron chi connectivity index (χ1n) is 13.9. The van der Waals surface area contributed by atoms with Crippen molar-refractivity contribution in [2.45, 2.75) is 42.2 Å². The number of carbonyl (C=O) groups excluding carboxylic acids is 4. The summed E-state index contributed by atoms with van der Waals surface area (Å²) < 4.78 is 0. The molecule has 14 heteroatoms. The number of fused-ring (bicyclic) bond motifs is 3. The normalized spacial score (nSPS) is 24.8. The monoisotopic (exact) mass is 767 g/mol. The molecule has 3 aliphatic rings. The van der Waals surface area contributed by atoms with Gasteiger partial charge in [-0.1, -0.05) is 57.9 Å². The lowest BCUT2D eigenvalue weighted by atomic mass is 9.58. The highest BCUT2D eigenvalue weighted by molar-refractivity contribution is 9.10. The zero-order valence-electron chi connectivity index (χ0n) is 24.2. The minimum absolute atomic E-state index is 0. The number of ketones is 2. The van der Waals surface area contributed by atoms with E-state index < -0.39 is 74.5 Å². The summed E-state index contributed by atoms with van der Waals surface area (Å²) in [6.45, 7) is 0. The van der Waals surface area contributed by atoms with E-state index in [1.54, 1.807) is 14.1 Å². The molecule has 0 heterocycles. The van der Waals surface area contributed by atoms with Crippen molar-refractivity contribution >= 4 is 73.6 Å². The molecule has 45 heavy (non-hydrogen) atoms. The van der Waals surface area contributed by atoms with Crippen molar-refractivity contribution in [3.8, 4) is 5.75 Å². The number of likely N-dealkylation sites (N-methyl/N-ethyl adjacent to an activating group) is 1. The van der Waals surface area contributed by atoms with Crippen molar-refractivity contribution in [2.75, 3.05) is 19.4 Å². The number of amides is 2. The van der Waals surface area contributed by atoms with Gasteiger partial charge in [0.25, 0.3) is 5.91 Å². The highest BCUT2D eigenvalue weighted by Gasteiger charge is 2.63. The number of phenols is 1. The lowest BCUT2D eigenvalue weighted by Crippen LogP contribution is -2.63. The van der Waals surface area contributed by atoms with Gasteiger partial charge < -0.3 is 31.5 Å². The molecular formula is C31H32Br2ClN3O8. The van der Waals surface area contributed by atoms with Crippen molar-refractivity contribution in [1.29, 1.82) is 0 Å². The van der Waals surface area contributed by atoms with Gasteiger partial charge in [-0.3, -0.25) is 24.1 Å². The summed E-state index contributed by atoms with van der Waals surface area (Å²) in [7, 11) is 3.11. The number of Topliss-reactive ketones (excluding diaryl/α,β-unsaturated/α-hetero) is 2. The summed E-state index contributed by atoms with van der Waals surface area (Å²) in [5.74, 6) is -8.12. The maximum Gasteiger partial charge on any atom is 0.255 e. The predicted molar refractivity (Wildman–Crippen MR) is 175 cm³/mol. The maximum atomic E-state index is 13.9. The number of aryl methyl sites for hydroxylation is 1. The van der Waals surface area contributed by atoms with Crippen molar-refractivity contribution in [2.24, 2.45) is 17.6 Å². The number of primary amides is 1. The Morgan fingerprint density at radius 1 is 1.18 bits per heavy atom. The summed E-state index contributed by atoms with van der Waals surface area (Å²) >= 11 is 9.85. The third kappa shape index (κ3) is 5.69. The molecule has 2 aromatic rings. The molecule has 0 radical (unpaired) electrons. The average Bonchev–Trinajstić information content (AvgIpc) is 2.95. The van der Waals surface area contributed by atoms with Crippen molar-refractivity contribution < 1.29 is 39.6 Å². The standard InChI is InChI=1S/C31H31BrClN3O8.BrH/c1-36(2)23-16-11-14-10-15-12-18(33)22(35-30(43)17(32)9-8-13-6-4-3-5-7-13)25(38)19(15)24(37)20(14)27(40)31(16,44)28(41)21(26(23)39)29(34)42;/h3-7,12,14,16-17,23,38-40,44H,8-11H2,1-2H3,(H2,34,42)(H,35,43);1H/t14?,16?,17?,23-,31-;/m0./s1. The van der Waals surface area contributed by atoms with Gasteiger partial charge in [0.15, 0.2) is 17.1 Å². The summed E-state index contributed by atoms with van der Waals surface area (Å²) in [6, 6.07) is 9.91. The number of phenolic OH excluding ortho intramolecular Hbond substituents is 1. The maximum absolute atomic E-state index is 13.9. The van der Waals surface area contributed by atoms with E-state index in [2.05, 4.69) is 21.2 Å². The Hall–Kier alpha value is -3.23. The van der Waals surface area contributed by atoms with Crippen LogP contribution in [0.1, 0.15) is 34.3 Å². The molecule has 5 atom stereocenters. The van der Waals surface area contributed by atoms with Gasteiger partial charge in [-0.25, -0.2) is 0 Å². The number of allylic oxidation sites excluding steroid dienone is 1.